The number of benzene rings is 8. The van der Waals surface area contributed by atoms with Gasteiger partial charge in [-0.15, -0.1) is 0 Å². The van der Waals surface area contributed by atoms with Gasteiger partial charge in [0.1, 0.15) is 5.82 Å². The number of fused-ring (bicyclic) bond motifs is 6. The molecule has 2 nitrogen and oxygen atoms in total. The van der Waals surface area contributed by atoms with Crippen LogP contribution in [0.5, 0.6) is 0 Å². The second-order valence-corrected chi connectivity index (χ2v) is 11.7. The summed E-state index contributed by atoms with van der Waals surface area (Å²) in [6, 6.07) is 30.4. The van der Waals surface area contributed by atoms with Crippen LogP contribution in [0.15, 0.2) is 151 Å². The lowest BCUT2D eigenvalue weighted by molar-refractivity contribution is 1.00. The van der Waals surface area contributed by atoms with E-state index in [-0.39, 0.29) is 45.7 Å². The molecule has 2 heteroatoms. The molecule has 0 atom stereocenters. The molecule has 0 unspecified atom stereocenters. The van der Waals surface area contributed by atoms with Gasteiger partial charge in [-0.3, -0.25) is 4.57 Å². The second kappa shape index (κ2) is 9.50. The lowest BCUT2D eigenvalue weighted by Gasteiger charge is -2.21. The molecule has 0 bridgehead atoms. The first-order valence-corrected chi connectivity index (χ1v) is 15.3. The number of nitrogens with zero attached hydrogens (tertiary/aromatic N) is 2. The van der Waals surface area contributed by atoms with Crippen molar-refractivity contribution >= 4 is 43.4 Å². The van der Waals surface area contributed by atoms with Crippen molar-refractivity contribution in [2.45, 2.75) is 6.92 Å². The van der Waals surface area contributed by atoms with Gasteiger partial charge in [-0.2, -0.15) is 0 Å². The molecule has 9 aromatic rings. The molecule has 1 aromatic heterocycles. The van der Waals surface area contributed by atoms with E-state index >= 15 is 0 Å². The average molecular weight is 593 g/mol. The Hall–Kier alpha value is -5.99. The fraction of sp³-hybridized carbons (Fsp3) is 0.0227. The number of hydrogen-bond acceptors (Lipinski definition) is 1. The summed E-state index contributed by atoms with van der Waals surface area (Å²) in [6.07, 6.45) is 0. The summed E-state index contributed by atoms with van der Waals surface area (Å²) in [7, 11) is 0. The molecule has 1 aliphatic carbocycles. The molecule has 46 heavy (non-hydrogen) atoms. The number of rotatable bonds is 3. The molecule has 10 rings (SSSR count). The van der Waals surface area contributed by atoms with Gasteiger partial charge in [0.15, 0.2) is 0 Å². The summed E-state index contributed by atoms with van der Waals surface area (Å²) in [4.78, 5) is 4.80. The van der Waals surface area contributed by atoms with Crippen LogP contribution < -0.4 is 0 Å². The maximum absolute atomic E-state index is 9.52. The molecule has 0 aliphatic heterocycles. The monoisotopic (exact) mass is 592 g/mol. The van der Waals surface area contributed by atoms with Gasteiger partial charge in [0, 0.05) is 5.56 Å². The van der Waals surface area contributed by atoms with Crippen LogP contribution in [0.1, 0.15) is 16.8 Å². The highest BCUT2D eigenvalue weighted by Crippen LogP contribution is 2.52. The summed E-state index contributed by atoms with van der Waals surface area (Å²) in [5, 5.41) is 2.52. The second-order valence-electron chi connectivity index (χ2n) is 11.7. The topological polar surface area (TPSA) is 17.8 Å². The van der Waals surface area contributed by atoms with Gasteiger partial charge in [0.05, 0.1) is 27.7 Å². The minimum absolute atomic E-state index is 0.176. The zero-order valence-electron chi connectivity index (χ0n) is 32.7. The Morgan fingerprint density at radius 2 is 1.00 bits per heavy atom. The summed E-state index contributed by atoms with van der Waals surface area (Å²) in [6.45, 7) is 1.89. The van der Waals surface area contributed by atoms with Crippen LogP contribution >= 0.6 is 0 Å². The lowest BCUT2D eigenvalue weighted by Crippen LogP contribution is -2.00. The quantitative estimate of drug-likeness (QED) is 0.187. The zero-order valence-corrected chi connectivity index (χ0v) is 24.7. The Morgan fingerprint density at radius 3 is 1.70 bits per heavy atom. The van der Waals surface area contributed by atoms with E-state index in [0.717, 1.165) is 44.1 Å². The van der Waals surface area contributed by atoms with E-state index in [1.54, 1.807) is 0 Å². The summed E-state index contributed by atoms with van der Waals surface area (Å²) >= 11 is 0. The number of aryl methyl sites for hydroxylation is 1. The maximum atomic E-state index is 9.52. The predicted molar refractivity (Wildman–Crippen MR) is 194 cm³/mol. The number of para-hydroxylation sites is 3. The minimum Gasteiger partial charge on any atom is -0.296 e. The largest absolute Gasteiger partial charge is 0.296 e. The maximum Gasteiger partial charge on any atom is 0.111 e. The first kappa shape index (κ1) is 18.7. The van der Waals surface area contributed by atoms with Crippen LogP contribution in [0.2, 0.25) is 0 Å². The Kier molecular flexibility index (Phi) is 3.87. The molecule has 0 saturated heterocycles. The average Bonchev–Trinajstić information content (AvgIpc) is 3.71. The van der Waals surface area contributed by atoms with Crippen molar-refractivity contribution < 1.29 is 11.0 Å². The van der Waals surface area contributed by atoms with Crippen molar-refractivity contribution in [2.75, 3.05) is 0 Å². The van der Waals surface area contributed by atoms with Gasteiger partial charge in [-0.25, -0.2) is 4.98 Å². The molecule has 0 amide bonds. The smallest absolute Gasteiger partial charge is 0.111 e. The molecule has 1 aliphatic rings. The van der Waals surface area contributed by atoms with Crippen molar-refractivity contribution in [3.05, 3.63) is 157 Å². The third-order valence-electron chi connectivity index (χ3n) is 9.34. The Morgan fingerprint density at radius 1 is 0.478 bits per heavy atom. The van der Waals surface area contributed by atoms with Crippen molar-refractivity contribution in [3.63, 3.8) is 0 Å². The van der Waals surface area contributed by atoms with Crippen LogP contribution in [-0.4, -0.2) is 9.55 Å². The molecular weight excluding hydrogens is 556 g/mol. The van der Waals surface area contributed by atoms with Crippen LogP contribution in [0, 0.1) is 6.92 Å². The summed E-state index contributed by atoms with van der Waals surface area (Å²) in [5.41, 5.74) is 8.28. The Balaban J connectivity index is 1.46. The fourth-order valence-corrected chi connectivity index (χ4v) is 7.52. The van der Waals surface area contributed by atoms with Crippen molar-refractivity contribution in [1.29, 1.82) is 0 Å². The Bertz CT molecular complexity index is 3050. The molecule has 0 saturated carbocycles. The van der Waals surface area contributed by atoms with E-state index in [0.29, 0.717) is 33.8 Å². The minimum atomic E-state index is -0.433. The number of imidazole rings is 1. The molecule has 1 heterocycles. The highest BCUT2D eigenvalue weighted by molar-refractivity contribution is 6.26. The van der Waals surface area contributed by atoms with Crippen LogP contribution in [0.25, 0.3) is 93.5 Å². The SMILES string of the molecule is [2H]c1c([2H])c([2H])c2c(-c3ccc4c5c(cccc35)-c3ccccc3-4)c3c([2H])c([2H])c([2H])c([2H])c3c(-c3ccccc3-n3c(C)nc4ccccc43)c2c1[2H]. The van der Waals surface area contributed by atoms with Crippen molar-refractivity contribution in [2.24, 2.45) is 0 Å². The lowest BCUT2D eigenvalue weighted by atomic mass is 9.84. The van der Waals surface area contributed by atoms with E-state index in [4.69, 9.17) is 10.5 Å². The summed E-state index contributed by atoms with van der Waals surface area (Å²) < 4.78 is 75.8. The number of aromatic nitrogens is 2. The van der Waals surface area contributed by atoms with Gasteiger partial charge >= 0.3 is 0 Å². The van der Waals surface area contributed by atoms with E-state index in [1.807, 2.05) is 96.4 Å². The van der Waals surface area contributed by atoms with Crippen LogP contribution in [-0.2, 0) is 0 Å². The summed E-state index contributed by atoms with van der Waals surface area (Å²) in [5.74, 6) is 0.687. The highest BCUT2D eigenvalue weighted by Gasteiger charge is 2.25. The molecule has 0 spiro atoms. The predicted octanol–water partition coefficient (Wildman–Crippen LogP) is 11.8. The first-order chi connectivity index (χ1) is 26.1. The molecular formula is C44H28N2. The van der Waals surface area contributed by atoms with Crippen LogP contribution in [0.3, 0.4) is 0 Å². The molecule has 214 valence electrons. The Labute approximate surface area is 278 Å². The van der Waals surface area contributed by atoms with E-state index in [9.17, 15) is 5.48 Å². The van der Waals surface area contributed by atoms with Gasteiger partial charge in [-0.1, -0.05) is 133 Å². The molecule has 0 N–H and O–H groups in total. The third kappa shape index (κ3) is 3.39. The zero-order chi connectivity index (χ0) is 37.3. The van der Waals surface area contributed by atoms with Crippen molar-refractivity contribution in [3.8, 4) is 50.2 Å². The molecule has 0 fully saturated rings. The van der Waals surface area contributed by atoms with Crippen molar-refractivity contribution in [1.82, 2.24) is 9.55 Å². The fourth-order valence-electron chi connectivity index (χ4n) is 7.52. The van der Waals surface area contributed by atoms with Crippen LogP contribution in [0.4, 0.5) is 0 Å². The van der Waals surface area contributed by atoms with E-state index < -0.39 is 24.2 Å². The van der Waals surface area contributed by atoms with Gasteiger partial charge in [-0.05, 0) is 96.4 Å². The van der Waals surface area contributed by atoms with Gasteiger partial charge in [0.25, 0.3) is 0 Å². The normalized spacial score (nSPS) is 14.5. The van der Waals surface area contributed by atoms with Gasteiger partial charge < -0.3 is 0 Å². The third-order valence-corrected chi connectivity index (χ3v) is 9.34. The molecule has 8 aromatic carbocycles. The number of hydrogen-bond donors (Lipinski definition) is 0. The van der Waals surface area contributed by atoms with Gasteiger partial charge in [0.2, 0.25) is 0 Å². The van der Waals surface area contributed by atoms with E-state index in [1.165, 1.54) is 0 Å². The first-order valence-electron chi connectivity index (χ1n) is 19.3. The molecule has 0 radical (unpaired) electrons. The van der Waals surface area contributed by atoms with E-state index in [2.05, 4.69) is 18.2 Å². The highest BCUT2D eigenvalue weighted by atomic mass is 15.1. The standard InChI is InChI=1S/C44H28N2/c1-27-45-39-22-9-11-24-41(39)46(27)40-23-10-8-19-38(40)44-33-17-6-4-15-31(33)43(32-16-5-7-18-34(32)44)37-26-25-36-29-14-3-2-13-28(29)30-20-12-21-35(37)42(30)36/h2-26H,1H3/i4D,5D,6D,7D,15D,16D,17D,18D.